The number of nitrogens with zero attached hydrogens (tertiary/aromatic N) is 1. The van der Waals surface area contributed by atoms with Crippen LogP contribution in [0, 0.1) is 23.2 Å². The summed E-state index contributed by atoms with van der Waals surface area (Å²) in [5.74, 6) is 1.64. The van der Waals surface area contributed by atoms with Gasteiger partial charge in [0.25, 0.3) is 0 Å². The Hall–Kier alpha value is -0.950. The molecule has 3 aliphatic heterocycles. The van der Waals surface area contributed by atoms with Crippen LogP contribution in [0.25, 0.3) is 0 Å². The maximum Gasteiger partial charge on any atom is 0.215 e. The van der Waals surface area contributed by atoms with Crippen LogP contribution in [-0.2, 0) is 10.0 Å². The number of hydrogen-bond acceptors (Lipinski definition) is 4. The molecule has 6 aliphatic rings. The normalized spacial score (nSPS) is 41.1. The van der Waals surface area contributed by atoms with E-state index in [4.69, 9.17) is 11.5 Å². The predicted octanol–water partition coefficient (Wildman–Crippen LogP) is 2.56. The van der Waals surface area contributed by atoms with E-state index in [2.05, 4.69) is 44.2 Å². The van der Waals surface area contributed by atoms with Gasteiger partial charge >= 0.3 is 0 Å². The molecule has 6 heteroatoms. The van der Waals surface area contributed by atoms with E-state index in [0.29, 0.717) is 17.8 Å². The van der Waals surface area contributed by atoms with Gasteiger partial charge in [0.15, 0.2) is 0 Å². The van der Waals surface area contributed by atoms with E-state index in [-0.39, 0.29) is 35.8 Å². The smallest absolute Gasteiger partial charge is 0.215 e. The monoisotopic (exact) mass is 405 g/mol. The molecule has 0 radical (unpaired) electrons. The van der Waals surface area contributed by atoms with Gasteiger partial charge in [-0.15, -0.1) is 0 Å². The lowest BCUT2D eigenvalue weighted by Gasteiger charge is -2.56. The number of fused-ring (bicyclic) bond motifs is 2. The van der Waals surface area contributed by atoms with Crippen molar-refractivity contribution in [3.05, 3.63) is 36.0 Å². The average Bonchev–Trinajstić information content (AvgIpc) is 2.93. The van der Waals surface area contributed by atoms with Crippen LogP contribution in [0.4, 0.5) is 0 Å². The van der Waals surface area contributed by atoms with Crippen LogP contribution in [-0.4, -0.2) is 43.1 Å². The second-order valence-electron chi connectivity index (χ2n) is 9.77. The molecule has 0 aromatic heterocycles. The van der Waals surface area contributed by atoms with Gasteiger partial charge in [-0.3, -0.25) is 0 Å². The largest absolute Gasteiger partial charge is 0.329 e. The van der Waals surface area contributed by atoms with E-state index in [0.717, 1.165) is 32.1 Å². The Labute approximate surface area is 170 Å². The number of piperidine rings is 2. The molecule has 6 rings (SSSR count). The Bertz CT molecular complexity index is 803. The van der Waals surface area contributed by atoms with Crippen molar-refractivity contribution in [2.24, 2.45) is 34.6 Å². The lowest BCUT2D eigenvalue weighted by molar-refractivity contribution is -0.0275. The summed E-state index contributed by atoms with van der Waals surface area (Å²) in [6.45, 7) is 4.66. The van der Waals surface area contributed by atoms with Gasteiger partial charge in [-0.2, -0.15) is 4.31 Å². The number of nitrogens with two attached hydrogens (primary N) is 2. The van der Waals surface area contributed by atoms with Gasteiger partial charge in [-0.1, -0.05) is 44.2 Å². The van der Waals surface area contributed by atoms with Gasteiger partial charge < -0.3 is 11.5 Å². The number of hydrogen-bond donors (Lipinski definition) is 2. The first-order valence-electron chi connectivity index (χ1n) is 10.8. The highest BCUT2D eigenvalue weighted by atomic mass is 32.2. The molecule has 3 heterocycles. The topological polar surface area (TPSA) is 89.4 Å². The highest BCUT2D eigenvalue weighted by molar-refractivity contribution is 7.89. The van der Waals surface area contributed by atoms with E-state index in [9.17, 15) is 8.42 Å². The van der Waals surface area contributed by atoms with Gasteiger partial charge in [0.05, 0.1) is 5.75 Å². The highest BCUT2D eigenvalue weighted by Gasteiger charge is 2.60. The van der Waals surface area contributed by atoms with Crippen molar-refractivity contribution < 1.29 is 8.42 Å². The summed E-state index contributed by atoms with van der Waals surface area (Å²) >= 11 is 0. The number of rotatable bonds is 6. The van der Waals surface area contributed by atoms with E-state index < -0.39 is 10.0 Å². The van der Waals surface area contributed by atoms with Crippen LogP contribution in [0.15, 0.2) is 36.0 Å². The maximum absolute atomic E-state index is 12.9. The third-order valence-electron chi connectivity index (χ3n) is 7.70. The molecule has 7 atom stereocenters. The van der Waals surface area contributed by atoms with Crippen LogP contribution in [0.2, 0.25) is 0 Å². The molecule has 4 N–H and O–H groups in total. The van der Waals surface area contributed by atoms with Crippen LogP contribution in [0.5, 0.6) is 0 Å². The molecule has 2 saturated carbocycles. The fourth-order valence-corrected chi connectivity index (χ4v) is 7.86. The van der Waals surface area contributed by atoms with Crippen LogP contribution in [0.1, 0.15) is 46.0 Å². The van der Waals surface area contributed by atoms with Gasteiger partial charge in [0.1, 0.15) is 0 Å². The summed E-state index contributed by atoms with van der Waals surface area (Å²) in [6, 6.07) is 0.300. The first kappa shape index (κ1) is 20.3. The fourth-order valence-electron chi connectivity index (χ4n) is 6.08. The van der Waals surface area contributed by atoms with Crippen molar-refractivity contribution in [3.8, 4) is 0 Å². The predicted molar refractivity (Wildman–Crippen MR) is 114 cm³/mol. The Kier molecular flexibility index (Phi) is 5.36. The van der Waals surface area contributed by atoms with Crippen molar-refractivity contribution in [1.29, 1.82) is 0 Å². The average molecular weight is 406 g/mol. The summed E-state index contributed by atoms with van der Waals surface area (Å²) in [4.78, 5) is 0. The Morgan fingerprint density at radius 2 is 2.07 bits per heavy atom. The van der Waals surface area contributed by atoms with E-state index in [1.54, 1.807) is 0 Å². The van der Waals surface area contributed by atoms with Crippen molar-refractivity contribution in [1.82, 2.24) is 4.31 Å². The molecule has 156 valence electrons. The minimum atomic E-state index is -3.28. The van der Waals surface area contributed by atoms with Gasteiger partial charge in [0.2, 0.25) is 10.0 Å². The first-order chi connectivity index (χ1) is 13.2. The quantitative estimate of drug-likeness (QED) is 0.711. The summed E-state index contributed by atoms with van der Waals surface area (Å²) < 4.78 is 27.7. The zero-order valence-electron chi connectivity index (χ0n) is 17.1. The molecule has 5 fully saturated rings. The summed E-state index contributed by atoms with van der Waals surface area (Å²) in [5, 5.41) is 0. The van der Waals surface area contributed by atoms with E-state index in [1.165, 1.54) is 5.57 Å². The molecule has 3 aliphatic carbocycles. The lowest BCUT2D eigenvalue weighted by Crippen LogP contribution is -2.63. The van der Waals surface area contributed by atoms with Gasteiger partial charge in [-0.05, 0) is 60.8 Å². The minimum absolute atomic E-state index is 0.0323. The number of sulfonamides is 1. The molecule has 0 spiro atoms. The summed E-state index contributed by atoms with van der Waals surface area (Å²) in [6.07, 6.45) is 15.7. The van der Waals surface area contributed by atoms with Gasteiger partial charge in [0, 0.05) is 24.7 Å². The molecule has 3 saturated heterocycles. The fraction of sp³-hybridized carbons (Fsp3) is 0.727. The second kappa shape index (κ2) is 7.38. The Balaban J connectivity index is 1.54. The first-order valence-corrected chi connectivity index (χ1v) is 12.4. The molecule has 4 bridgehead atoms. The molecular weight excluding hydrogens is 370 g/mol. The second-order valence-corrected chi connectivity index (χ2v) is 11.8. The zero-order chi connectivity index (χ0) is 20.1. The van der Waals surface area contributed by atoms with E-state index in [1.807, 2.05) is 4.31 Å². The molecule has 28 heavy (non-hydrogen) atoms. The molecule has 4 unspecified atom stereocenters. The van der Waals surface area contributed by atoms with Crippen LogP contribution in [0.3, 0.4) is 0 Å². The lowest BCUT2D eigenvalue weighted by atomic mass is 9.61. The molecular formula is C22H35N3O2S. The molecule has 0 aromatic carbocycles. The summed E-state index contributed by atoms with van der Waals surface area (Å²) in [7, 11) is -3.28. The van der Waals surface area contributed by atoms with Crippen molar-refractivity contribution in [2.75, 3.05) is 12.3 Å². The maximum atomic E-state index is 12.9. The van der Waals surface area contributed by atoms with Gasteiger partial charge in [-0.25, -0.2) is 8.42 Å². The number of allylic oxidation sites excluding steroid dienone is 5. The summed E-state index contributed by atoms with van der Waals surface area (Å²) in [5.41, 5.74) is 13.6. The Morgan fingerprint density at radius 3 is 2.82 bits per heavy atom. The third-order valence-corrected chi connectivity index (χ3v) is 9.66. The highest BCUT2D eigenvalue weighted by Crippen LogP contribution is 2.59. The van der Waals surface area contributed by atoms with Crippen molar-refractivity contribution in [3.63, 3.8) is 0 Å². The molecule has 0 amide bonds. The van der Waals surface area contributed by atoms with E-state index >= 15 is 0 Å². The van der Waals surface area contributed by atoms with Crippen molar-refractivity contribution in [2.45, 2.75) is 64.1 Å². The SMILES string of the molecule is CC1C=CC=C(C[C@@H](N)C2(C)CC3C4C[C@@H](C2)N(S(=O)(=O)CCN)[C@@H]3C4)C=C1. The Morgan fingerprint density at radius 1 is 1.29 bits per heavy atom. The minimum Gasteiger partial charge on any atom is -0.329 e. The standard InChI is InChI=1S/C22H35N3O2S/c1-15-4-3-5-16(7-6-15)10-21(24)22(2)13-18-11-17-12-20(19(17)14-22)25(18)28(26,27)9-8-23/h3-7,15,17-21H,8-14,23-24H2,1-2H3/t15?,17?,18-,19?,20+,21+,22?/m0/s1. The van der Waals surface area contributed by atoms with Crippen LogP contribution >= 0.6 is 0 Å². The van der Waals surface area contributed by atoms with Crippen LogP contribution < -0.4 is 11.5 Å². The zero-order valence-corrected chi connectivity index (χ0v) is 17.9. The molecule has 5 nitrogen and oxygen atoms in total. The van der Waals surface area contributed by atoms with Crippen molar-refractivity contribution >= 4 is 10.0 Å². The third kappa shape index (κ3) is 3.53. The molecule has 0 aromatic rings.